The van der Waals surface area contributed by atoms with Crippen molar-refractivity contribution in [3.63, 3.8) is 0 Å². The number of likely N-dealkylation sites (tertiary alicyclic amines) is 1. The van der Waals surface area contributed by atoms with Gasteiger partial charge in [0.2, 0.25) is 0 Å². The third-order valence-corrected chi connectivity index (χ3v) is 4.47. The molecule has 2 rings (SSSR count). The van der Waals surface area contributed by atoms with Crippen LogP contribution in [0, 0.1) is 6.92 Å². The van der Waals surface area contributed by atoms with E-state index in [1.54, 1.807) is 14.0 Å². The minimum Gasteiger partial charge on any atom is -0.480 e. The minimum absolute atomic E-state index is 0.227. The minimum atomic E-state index is -0.933. The fraction of sp³-hybridized carbons (Fsp3) is 0.615. The molecule has 1 aliphatic rings. The Morgan fingerprint density at radius 3 is 2.90 bits per heavy atom. The average molecular weight is 298 g/mol. The van der Waals surface area contributed by atoms with Crippen LogP contribution < -0.4 is 0 Å². The van der Waals surface area contributed by atoms with Gasteiger partial charge in [0.15, 0.2) is 0 Å². The zero-order valence-corrected chi connectivity index (χ0v) is 12.4. The van der Waals surface area contributed by atoms with E-state index in [-0.39, 0.29) is 5.91 Å². The van der Waals surface area contributed by atoms with Crippen molar-refractivity contribution in [2.24, 2.45) is 0 Å². The van der Waals surface area contributed by atoms with E-state index in [9.17, 15) is 14.7 Å². The number of hydrogen-bond acceptors (Lipinski definition) is 5. The predicted octanol–water partition coefficient (Wildman–Crippen LogP) is 1.68. The van der Waals surface area contributed by atoms with Crippen molar-refractivity contribution < 1.29 is 19.4 Å². The molecular weight excluding hydrogens is 280 g/mol. The number of carboxylic acid groups (broad SMARTS) is 1. The van der Waals surface area contributed by atoms with Crippen LogP contribution in [0.1, 0.15) is 39.6 Å². The lowest BCUT2D eigenvalue weighted by molar-refractivity contribution is -0.143. The number of carboxylic acids is 1. The molecule has 110 valence electrons. The summed E-state index contributed by atoms with van der Waals surface area (Å²) in [7, 11) is 1.57. The zero-order valence-electron chi connectivity index (χ0n) is 11.6. The fourth-order valence-corrected chi connectivity index (χ4v) is 3.39. The normalized spacial score (nSPS) is 19.1. The third kappa shape index (κ3) is 2.99. The molecule has 1 amide bonds. The van der Waals surface area contributed by atoms with Crippen LogP contribution >= 0.6 is 11.3 Å². The van der Waals surface area contributed by atoms with Crippen molar-refractivity contribution in [1.29, 1.82) is 0 Å². The molecule has 1 aromatic heterocycles. The van der Waals surface area contributed by atoms with Gasteiger partial charge in [-0.15, -0.1) is 11.3 Å². The topological polar surface area (TPSA) is 79.7 Å². The molecule has 7 heteroatoms. The lowest BCUT2D eigenvalue weighted by atomic mass is 10.0. The van der Waals surface area contributed by atoms with Crippen LogP contribution in [-0.2, 0) is 16.1 Å². The highest BCUT2D eigenvalue weighted by molar-refractivity contribution is 7.13. The van der Waals surface area contributed by atoms with Gasteiger partial charge in [-0.1, -0.05) is 0 Å². The summed E-state index contributed by atoms with van der Waals surface area (Å²) in [5.74, 6) is -1.16. The van der Waals surface area contributed by atoms with Gasteiger partial charge in [-0.05, 0) is 26.2 Å². The van der Waals surface area contributed by atoms with E-state index >= 15 is 0 Å². The monoisotopic (exact) mass is 298 g/mol. The molecule has 1 aromatic rings. The summed E-state index contributed by atoms with van der Waals surface area (Å²) in [4.78, 5) is 30.1. The highest BCUT2D eigenvalue weighted by atomic mass is 32.1. The summed E-state index contributed by atoms with van der Waals surface area (Å²) >= 11 is 1.28. The van der Waals surface area contributed by atoms with E-state index in [1.165, 1.54) is 16.2 Å². The van der Waals surface area contributed by atoms with E-state index in [1.807, 2.05) is 0 Å². The number of aryl methyl sites for hydroxylation is 1. The third-order valence-electron chi connectivity index (χ3n) is 3.35. The van der Waals surface area contributed by atoms with Gasteiger partial charge in [0.05, 0.1) is 12.3 Å². The number of ether oxygens (including phenoxy) is 1. The first-order valence-corrected chi connectivity index (χ1v) is 7.35. The lowest BCUT2D eigenvalue weighted by Crippen LogP contribution is -2.47. The Bertz CT molecular complexity index is 514. The Hall–Kier alpha value is -1.47. The van der Waals surface area contributed by atoms with E-state index in [4.69, 9.17) is 4.74 Å². The number of methoxy groups -OCH3 is 1. The molecule has 1 saturated heterocycles. The molecule has 1 atom stereocenters. The molecule has 0 unspecified atom stereocenters. The van der Waals surface area contributed by atoms with Crippen LogP contribution in [-0.4, -0.2) is 46.6 Å². The summed E-state index contributed by atoms with van der Waals surface area (Å²) in [6.07, 6.45) is 2.21. The molecule has 0 radical (unpaired) electrons. The molecule has 20 heavy (non-hydrogen) atoms. The summed E-state index contributed by atoms with van der Waals surface area (Å²) in [6, 6.07) is -0.719. The Kier molecular flexibility index (Phi) is 4.72. The first-order chi connectivity index (χ1) is 9.54. The molecular formula is C13H18N2O4S. The molecule has 0 aromatic carbocycles. The van der Waals surface area contributed by atoms with Crippen molar-refractivity contribution >= 4 is 23.2 Å². The predicted molar refractivity (Wildman–Crippen MR) is 73.9 cm³/mol. The van der Waals surface area contributed by atoms with E-state index in [2.05, 4.69) is 4.98 Å². The number of piperidine rings is 1. The number of carbonyl (C=O) groups is 2. The van der Waals surface area contributed by atoms with Gasteiger partial charge in [0, 0.05) is 13.7 Å². The highest BCUT2D eigenvalue weighted by Gasteiger charge is 2.34. The van der Waals surface area contributed by atoms with Crippen LogP contribution in [0.25, 0.3) is 0 Å². The molecule has 0 spiro atoms. The van der Waals surface area contributed by atoms with Gasteiger partial charge in [0.1, 0.15) is 15.9 Å². The van der Waals surface area contributed by atoms with Gasteiger partial charge in [-0.3, -0.25) is 4.79 Å². The van der Waals surface area contributed by atoms with Crippen molar-refractivity contribution in [3.8, 4) is 0 Å². The Morgan fingerprint density at radius 1 is 1.50 bits per heavy atom. The Labute approximate surface area is 121 Å². The second kappa shape index (κ2) is 6.32. The molecule has 1 N–H and O–H groups in total. The van der Waals surface area contributed by atoms with Crippen molar-refractivity contribution in [2.45, 2.75) is 38.8 Å². The summed E-state index contributed by atoms with van der Waals surface area (Å²) in [5.41, 5.74) is 0.641. The number of thiazole rings is 1. The first kappa shape index (κ1) is 14.9. The van der Waals surface area contributed by atoms with Crippen molar-refractivity contribution in [2.75, 3.05) is 13.7 Å². The van der Waals surface area contributed by atoms with Crippen LogP contribution in [0.5, 0.6) is 0 Å². The quantitative estimate of drug-likeness (QED) is 0.914. The fourth-order valence-electron chi connectivity index (χ4n) is 2.40. The molecule has 1 fully saturated rings. The molecule has 2 heterocycles. The number of aromatic nitrogens is 1. The maximum absolute atomic E-state index is 12.5. The largest absolute Gasteiger partial charge is 0.480 e. The van der Waals surface area contributed by atoms with Crippen LogP contribution in [0.2, 0.25) is 0 Å². The number of aliphatic carboxylic acids is 1. The molecule has 0 bridgehead atoms. The van der Waals surface area contributed by atoms with E-state index in [0.29, 0.717) is 30.1 Å². The van der Waals surface area contributed by atoms with Gasteiger partial charge in [-0.25, -0.2) is 9.78 Å². The Balaban J connectivity index is 2.22. The summed E-state index contributed by atoms with van der Waals surface area (Å²) in [5, 5.41) is 9.97. The summed E-state index contributed by atoms with van der Waals surface area (Å²) in [6.45, 7) is 2.62. The zero-order chi connectivity index (χ0) is 14.7. The molecule has 0 saturated carbocycles. The highest BCUT2D eigenvalue weighted by Crippen LogP contribution is 2.25. The number of nitrogens with zero attached hydrogens (tertiary/aromatic N) is 2. The average Bonchev–Trinajstić information content (AvgIpc) is 2.79. The smallest absolute Gasteiger partial charge is 0.326 e. The second-order valence-corrected chi connectivity index (χ2v) is 5.89. The van der Waals surface area contributed by atoms with Gasteiger partial charge >= 0.3 is 5.97 Å². The van der Waals surface area contributed by atoms with Crippen LogP contribution in [0.3, 0.4) is 0 Å². The van der Waals surface area contributed by atoms with Crippen molar-refractivity contribution in [1.82, 2.24) is 9.88 Å². The van der Waals surface area contributed by atoms with Gasteiger partial charge in [0.25, 0.3) is 5.91 Å². The standard InChI is InChI=1S/C13H18N2O4S/c1-8-11(20-10(14-8)7-19-2)12(16)15-6-4-3-5-9(15)13(17)18/h9H,3-7H2,1-2H3,(H,17,18)/t9-/m1/s1. The summed E-state index contributed by atoms with van der Waals surface area (Å²) < 4.78 is 5.01. The van der Waals surface area contributed by atoms with E-state index in [0.717, 1.165) is 17.8 Å². The number of hydrogen-bond donors (Lipinski definition) is 1. The van der Waals surface area contributed by atoms with Crippen molar-refractivity contribution in [3.05, 3.63) is 15.6 Å². The van der Waals surface area contributed by atoms with Crippen LogP contribution in [0.4, 0.5) is 0 Å². The number of rotatable bonds is 4. The van der Waals surface area contributed by atoms with Crippen LogP contribution in [0.15, 0.2) is 0 Å². The molecule has 1 aliphatic heterocycles. The SMILES string of the molecule is COCc1nc(C)c(C(=O)N2CCCC[C@@H]2C(=O)O)s1. The lowest BCUT2D eigenvalue weighted by Gasteiger charge is -2.32. The molecule has 0 aliphatic carbocycles. The maximum Gasteiger partial charge on any atom is 0.326 e. The van der Waals surface area contributed by atoms with Gasteiger partial charge in [-0.2, -0.15) is 0 Å². The number of carbonyl (C=O) groups excluding carboxylic acids is 1. The Morgan fingerprint density at radius 2 is 2.25 bits per heavy atom. The van der Waals surface area contributed by atoms with Gasteiger partial charge < -0.3 is 14.7 Å². The second-order valence-electron chi connectivity index (χ2n) is 4.80. The first-order valence-electron chi connectivity index (χ1n) is 6.53. The number of amides is 1. The maximum atomic E-state index is 12.5. The van der Waals surface area contributed by atoms with E-state index < -0.39 is 12.0 Å². The molecule has 6 nitrogen and oxygen atoms in total.